The largest absolute Gasteiger partial charge is 0.494 e. The van der Waals surface area contributed by atoms with Gasteiger partial charge >= 0.3 is 0 Å². The minimum Gasteiger partial charge on any atom is -0.494 e. The fourth-order valence-corrected chi connectivity index (χ4v) is 3.58. The summed E-state index contributed by atoms with van der Waals surface area (Å²) < 4.78 is 33.8. The van der Waals surface area contributed by atoms with Crippen molar-refractivity contribution in [1.29, 1.82) is 0 Å². The molecule has 2 aromatic rings. The van der Waals surface area contributed by atoms with Crippen LogP contribution < -0.4 is 4.74 Å². The van der Waals surface area contributed by atoms with Crippen molar-refractivity contribution in [2.75, 3.05) is 13.2 Å². The van der Waals surface area contributed by atoms with Gasteiger partial charge < -0.3 is 4.74 Å². The van der Waals surface area contributed by atoms with E-state index in [2.05, 4.69) is 5.10 Å². The minimum absolute atomic E-state index is 0.265. The first-order valence-electron chi connectivity index (χ1n) is 7.18. The summed E-state index contributed by atoms with van der Waals surface area (Å²) in [5, 5.41) is 4.07. The van der Waals surface area contributed by atoms with Crippen LogP contribution in [0.2, 0.25) is 0 Å². The van der Waals surface area contributed by atoms with E-state index >= 15 is 0 Å². The van der Waals surface area contributed by atoms with Gasteiger partial charge in [0.2, 0.25) is 10.0 Å². The summed E-state index contributed by atoms with van der Waals surface area (Å²) in [5.41, 5.74) is 0.860. The number of aromatic nitrogens is 2. The summed E-state index contributed by atoms with van der Waals surface area (Å²) in [6.45, 7) is 4.96. The van der Waals surface area contributed by atoms with Crippen molar-refractivity contribution in [3.8, 4) is 5.75 Å². The molecule has 0 aliphatic heterocycles. The van der Waals surface area contributed by atoms with Crippen molar-refractivity contribution >= 4 is 10.0 Å². The smallest absolute Gasteiger partial charge is 0.243 e. The molecular weight excluding hydrogens is 302 g/mol. The molecule has 7 heteroatoms. The Morgan fingerprint density at radius 2 is 1.91 bits per heavy atom. The fourth-order valence-electron chi connectivity index (χ4n) is 2.15. The van der Waals surface area contributed by atoms with Gasteiger partial charge in [-0.25, -0.2) is 8.42 Å². The predicted molar refractivity (Wildman–Crippen MR) is 84.1 cm³/mol. The molecule has 1 aromatic heterocycles. The summed E-state index contributed by atoms with van der Waals surface area (Å²) in [6, 6.07) is 6.50. The summed E-state index contributed by atoms with van der Waals surface area (Å²) in [7, 11) is -1.72. The zero-order valence-corrected chi connectivity index (χ0v) is 13.9. The van der Waals surface area contributed by atoms with Crippen molar-refractivity contribution < 1.29 is 13.2 Å². The number of hydrogen-bond acceptors (Lipinski definition) is 4. The summed E-state index contributed by atoms with van der Waals surface area (Å²) in [4.78, 5) is 0.265. The van der Waals surface area contributed by atoms with E-state index < -0.39 is 10.0 Å². The van der Waals surface area contributed by atoms with Crippen molar-refractivity contribution in [3.05, 3.63) is 42.2 Å². The molecule has 2 rings (SSSR count). The Labute approximate surface area is 131 Å². The maximum absolute atomic E-state index is 12.7. The molecule has 0 unspecified atom stereocenters. The molecule has 0 fully saturated rings. The van der Waals surface area contributed by atoms with E-state index in [4.69, 9.17) is 4.74 Å². The van der Waals surface area contributed by atoms with Gasteiger partial charge in [-0.2, -0.15) is 9.40 Å². The lowest BCUT2D eigenvalue weighted by molar-refractivity contribution is 0.340. The number of rotatable bonds is 7. The molecule has 22 heavy (non-hydrogen) atoms. The van der Waals surface area contributed by atoms with Crippen LogP contribution in [0.15, 0.2) is 41.6 Å². The molecule has 0 amide bonds. The van der Waals surface area contributed by atoms with E-state index in [1.165, 1.54) is 4.31 Å². The Kier molecular flexibility index (Phi) is 5.20. The zero-order valence-electron chi connectivity index (χ0n) is 13.1. The van der Waals surface area contributed by atoms with Crippen LogP contribution in [0.1, 0.15) is 19.4 Å². The highest BCUT2D eigenvalue weighted by atomic mass is 32.2. The van der Waals surface area contributed by atoms with E-state index in [1.807, 2.05) is 20.0 Å². The van der Waals surface area contributed by atoms with Crippen molar-refractivity contribution in [2.45, 2.75) is 25.3 Å². The van der Waals surface area contributed by atoms with Crippen LogP contribution in [-0.4, -0.2) is 35.7 Å². The molecule has 0 saturated carbocycles. The lowest BCUT2D eigenvalue weighted by Crippen LogP contribution is -2.30. The molecule has 0 saturated heterocycles. The minimum atomic E-state index is -3.53. The monoisotopic (exact) mass is 323 g/mol. The van der Waals surface area contributed by atoms with Crippen LogP contribution in [0, 0.1) is 0 Å². The van der Waals surface area contributed by atoms with E-state index in [0.29, 0.717) is 25.4 Å². The van der Waals surface area contributed by atoms with E-state index in [9.17, 15) is 8.42 Å². The summed E-state index contributed by atoms with van der Waals surface area (Å²) in [5.74, 6) is 0.664. The highest BCUT2D eigenvalue weighted by Gasteiger charge is 2.23. The molecule has 0 aliphatic carbocycles. The maximum atomic E-state index is 12.7. The van der Waals surface area contributed by atoms with Gasteiger partial charge in [0.05, 0.1) is 17.7 Å². The summed E-state index contributed by atoms with van der Waals surface area (Å²) >= 11 is 0. The second kappa shape index (κ2) is 6.93. The Hall–Kier alpha value is -1.86. The molecule has 120 valence electrons. The quantitative estimate of drug-likeness (QED) is 0.782. The van der Waals surface area contributed by atoms with Gasteiger partial charge in [0.15, 0.2) is 0 Å². The van der Waals surface area contributed by atoms with Gasteiger partial charge in [-0.15, -0.1) is 0 Å². The SMILES string of the molecule is CCOc1ccc(S(=O)(=O)N(CC)Cc2cnn(C)c2)cc1. The number of benzene rings is 1. The second-order valence-electron chi connectivity index (χ2n) is 4.86. The molecule has 6 nitrogen and oxygen atoms in total. The lowest BCUT2D eigenvalue weighted by Gasteiger charge is -2.20. The highest BCUT2D eigenvalue weighted by Crippen LogP contribution is 2.21. The van der Waals surface area contributed by atoms with Crippen LogP contribution in [0.25, 0.3) is 0 Å². The highest BCUT2D eigenvalue weighted by molar-refractivity contribution is 7.89. The number of ether oxygens (including phenoxy) is 1. The number of aryl methyl sites for hydroxylation is 1. The first-order valence-corrected chi connectivity index (χ1v) is 8.62. The molecule has 1 heterocycles. The lowest BCUT2D eigenvalue weighted by atomic mass is 10.3. The topological polar surface area (TPSA) is 64.4 Å². The van der Waals surface area contributed by atoms with Gasteiger partial charge in [0.25, 0.3) is 0 Å². The zero-order chi connectivity index (χ0) is 16.2. The van der Waals surface area contributed by atoms with Gasteiger partial charge in [-0.3, -0.25) is 4.68 Å². The Morgan fingerprint density at radius 1 is 1.23 bits per heavy atom. The van der Waals surface area contributed by atoms with Crippen LogP contribution in [0.4, 0.5) is 0 Å². The van der Waals surface area contributed by atoms with Crippen LogP contribution in [0.3, 0.4) is 0 Å². The molecule has 0 radical (unpaired) electrons. The molecule has 0 spiro atoms. The van der Waals surface area contributed by atoms with Crippen molar-refractivity contribution in [1.82, 2.24) is 14.1 Å². The first-order chi connectivity index (χ1) is 10.5. The van der Waals surface area contributed by atoms with Crippen LogP contribution in [0.5, 0.6) is 5.75 Å². The first kappa shape index (κ1) is 16.5. The predicted octanol–water partition coefficient (Wildman–Crippen LogP) is 2.03. The summed E-state index contributed by atoms with van der Waals surface area (Å²) in [6.07, 6.45) is 3.49. The maximum Gasteiger partial charge on any atom is 0.243 e. The third-order valence-electron chi connectivity index (χ3n) is 3.24. The normalized spacial score (nSPS) is 11.8. The molecule has 0 N–H and O–H groups in total. The van der Waals surface area contributed by atoms with Gasteiger partial charge in [-0.05, 0) is 31.2 Å². The number of hydrogen-bond donors (Lipinski definition) is 0. The van der Waals surface area contributed by atoms with E-state index in [1.54, 1.807) is 42.2 Å². The second-order valence-corrected chi connectivity index (χ2v) is 6.80. The van der Waals surface area contributed by atoms with Gasteiger partial charge in [0.1, 0.15) is 5.75 Å². The van der Waals surface area contributed by atoms with Crippen molar-refractivity contribution in [3.63, 3.8) is 0 Å². The standard InChI is InChI=1S/C15H21N3O3S/c1-4-18(12-13-10-16-17(3)11-13)22(19,20)15-8-6-14(7-9-15)21-5-2/h6-11H,4-5,12H2,1-3H3. The Morgan fingerprint density at radius 3 is 2.41 bits per heavy atom. The van der Waals surface area contributed by atoms with Crippen molar-refractivity contribution in [2.24, 2.45) is 7.05 Å². The van der Waals surface area contributed by atoms with Gasteiger partial charge in [-0.1, -0.05) is 6.92 Å². The van der Waals surface area contributed by atoms with Gasteiger partial charge in [0, 0.05) is 31.9 Å². The van der Waals surface area contributed by atoms with E-state index in [-0.39, 0.29) is 4.90 Å². The Bertz CT molecular complexity index is 708. The average Bonchev–Trinajstić information content (AvgIpc) is 2.91. The molecule has 0 aliphatic rings. The van der Waals surface area contributed by atoms with E-state index in [0.717, 1.165) is 5.56 Å². The third-order valence-corrected chi connectivity index (χ3v) is 5.18. The number of nitrogens with zero attached hydrogens (tertiary/aromatic N) is 3. The molecular formula is C15H21N3O3S. The molecule has 0 bridgehead atoms. The third kappa shape index (κ3) is 3.66. The van der Waals surface area contributed by atoms with Crippen LogP contribution in [-0.2, 0) is 23.6 Å². The molecule has 0 atom stereocenters. The number of sulfonamides is 1. The Balaban J connectivity index is 2.22. The molecule has 1 aromatic carbocycles. The fraction of sp³-hybridized carbons (Fsp3) is 0.400. The van der Waals surface area contributed by atoms with Crippen LogP contribution >= 0.6 is 0 Å². The average molecular weight is 323 g/mol.